The molecular formula is C57H44Cl2N4O12. The van der Waals surface area contributed by atoms with Crippen molar-refractivity contribution in [2.24, 2.45) is 4.99 Å². The molecule has 9 rings (SSSR count). The van der Waals surface area contributed by atoms with Crippen LogP contribution >= 0.6 is 23.2 Å². The molecule has 18 heteroatoms. The van der Waals surface area contributed by atoms with Crippen molar-refractivity contribution >= 4 is 80.6 Å². The van der Waals surface area contributed by atoms with Gasteiger partial charge in [0.2, 0.25) is 0 Å². The number of anilines is 1. The number of aromatic hydroxyl groups is 1. The molecule has 7 N–H and O–H groups in total. The van der Waals surface area contributed by atoms with Crippen LogP contribution in [0, 0.1) is 13.8 Å². The molecule has 2 amide bonds. The van der Waals surface area contributed by atoms with Crippen LogP contribution in [0.2, 0.25) is 10.0 Å². The van der Waals surface area contributed by atoms with Crippen LogP contribution in [0.3, 0.4) is 0 Å². The van der Waals surface area contributed by atoms with E-state index in [4.69, 9.17) is 32.0 Å². The molecule has 5 aromatic rings. The average Bonchev–Trinajstić information content (AvgIpc) is 3.37. The molecule has 0 saturated heterocycles. The molecule has 0 saturated carbocycles. The van der Waals surface area contributed by atoms with Gasteiger partial charge in [0.05, 0.1) is 49.8 Å². The Labute approximate surface area is 436 Å². The van der Waals surface area contributed by atoms with Crippen molar-refractivity contribution in [1.29, 1.82) is 0 Å². The molecule has 0 bridgehead atoms. The van der Waals surface area contributed by atoms with E-state index in [9.17, 15) is 49.2 Å². The smallest absolute Gasteiger partial charge is 0.337 e. The number of carbonyl (C=O) groups is 5. The highest BCUT2D eigenvalue weighted by Crippen LogP contribution is 2.48. The number of nitrogens with zero attached hydrogens (tertiary/aromatic N) is 1. The summed E-state index contributed by atoms with van der Waals surface area (Å²) in [6.45, 7) is 8.48. The zero-order valence-corrected chi connectivity index (χ0v) is 41.9. The first kappa shape index (κ1) is 50.9. The summed E-state index contributed by atoms with van der Waals surface area (Å²) in [7, 11) is 0. The number of hydrogen-bond donors (Lipinski definition) is 7. The summed E-state index contributed by atoms with van der Waals surface area (Å²) in [5.41, 5.74) is 3.97. The molecule has 2 heterocycles. The number of hydrogen-bond acceptors (Lipinski definition) is 11. The zero-order valence-electron chi connectivity index (χ0n) is 40.4. The van der Waals surface area contributed by atoms with Crippen molar-refractivity contribution in [3.8, 4) is 50.7 Å². The van der Waals surface area contributed by atoms with E-state index in [2.05, 4.69) is 20.9 Å². The SMILES string of the molecule is CCN=c1cc2oc3cc(NCC)c(C)cc3c(-c3c(Cl)cc(C(=O)NCc4ccc(C(=O)NCc5c(O)ccc6c(-c7cc(C(=O)O)ccc7C(=O)O)c7ccc(=O)cc-7oc56)cc4)c(Cl)c3C(=O)O)c-2cc1C. The van der Waals surface area contributed by atoms with Gasteiger partial charge in [-0.15, -0.1) is 0 Å². The fraction of sp³-hybridized carbons (Fsp3) is 0.140. The highest BCUT2D eigenvalue weighted by molar-refractivity contribution is 6.41. The fourth-order valence-electron chi connectivity index (χ4n) is 9.25. The number of aryl methyl sites for hydroxylation is 2. The quantitative estimate of drug-likeness (QED) is 0.0501. The largest absolute Gasteiger partial charge is 0.507 e. The van der Waals surface area contributed by atoms with Crippen molar-refractivity contribution in [2.45, 2.75) is 40.8 Å². The highest BCUT2D eigenvalue weighted by Gasteiger charge is 2.31. The van der Waals surface area contributed by atoms with E-state index in [-0.39, 0.29) is 95.7 Å². The molecule has 0 spiro atoms. The zero-order chi connectivity index (χ0) is 53.6. The Hall–Kier alpha value is -8.99. The molecule has 0 fully saturated rings. The Bertz CT molecular complexity index is 3960. The molecule has 2 aliphatic heterocycles. The maximum absolute atomic E-state index is 13.9. The monoisotopic (exact) mass is 1050 g/mol. The predicted molar refractivity (Wildman–Crippen MR) is 284 cm³/mol. The molecule has 4 aliphatic rings. The lowest BCUT2D eigenvalue weighted by molar-refractivity contribution is 0.0682. The van der Waals surface area contributed by atoms with Crippen LogP contribution in [0.5, 0.6) is 5.75 Å². The Morgan fingerprint density at radius 2 is 1.35 bits per heavy atom. The number of halogens is 2. The van der Waals surface area contributed by atoms with E-state index < -0.39 is 35.2 Å². The van der Waals surface area contributed by atoms with Crippen LogP contribution in [-0.2, 0) is 13.1 Å². The topological polar surface area (TPSA) is 258 Å². The van der Waals surface area contributed by atoms with Gasteiger partial charge in [-0.1, -0.05) is 35.3 Å². The molecule has 0 radical (unpaired) electrons. The molecule has 16 nitrogen and oxygen atoms in total. The Kier molecular flexibility index (Phi) is 13.9. The average molecular weight is 1050 g/mol. The summed E-state index contributed by atoms with van der Waals surface area (Å²) in [5.74, 6) is -5.22. The predicted octanol–water partition coefficient (Wildman–Crippen LogP) is 11.0. The Morgan fingerprint density at radius 3 is 2.04 bits per heavy atom. The second-order valence-corrected chi connectivity index (χ2v) is 18.3. The fourth-order valence-corrected chi connectivity index (χ4v) is 9.86. The molecule has 0 unspecified atom stereocenters. The van der Waals surface area contributed by atoms with Gasteiger partial charge in [-0.2, -0.15) is 0 Å². The van der Waals surface area contributed by atoms with Gasteiger partial charge in [0, 0.05) is 87.7 Å². The minimum atomic E-state index is -1.42. The summed E-state index contributed by atoms with van der Waals surface area (Å²) in [6.07, 6.45) is 0. The molecule has 0 atom stereocenters. The van der Waals surface area contributed by atoms with Gasteiger partial charge >= 0.3 is 17.9 Å². The van der Waals surface area contributed by atoms with E-state index >= 15 is 0 Å². The lowest BCUT2D eigenvalue weighted by Gasteiger charge is -2.21. The Morgan fingerprint density at radius 1 is 0.627 bits per heavy atom. The number of carboxylic acid groups (broad SMARTS) is 3. The molecule has 378 valence electrons. The summed E-state index contributed by atoms with van der Waals surface area (Å²) in [4.78, 5) is 82.3. The number of phenols is 1. The number of rotatable bonds is 14. The summed E-state index contributed by atoms with van der Waals surface area (Å²) >= 11 is 14.0. The number of carboxylic acids is 3. The van der Waals surface area contributed by atoms with Crippen molar-refractivity contribution in [3.63, 3.8) is 0 Å². The summed E-state index contributed by atoms with van der Waals surface area (Å²) < 4.78 is 12.6. The van der Waals surface area contributed by atoms with Gasteiger partial charge in [-0.3, -0.25) is 19.4 Å². The number of carbonyl (C=O) groups excluding carboxylic acids is 2. The molecule has 5 aromatic carbocycles. The van der Waals surface area contributed by atoms with Crippen LogP contribution in [0.4, 0.5) is 5.69 Å². The second-order valence-electron chi connectivity index (χ2n) is 17.6. The molecule has 0 aromatic heterocycles. The van der Waals surface area contributed by atoms with E-state index in [0.717, 1.165) is 22.9 Å². The van der Waals surface area contributed by atoms with Crippen molar-refractivity contribution in [1.82, 2.24) is 10.6 Å². The van der Waals surface area contributed by atoms with E-state index in [1.165, 1.54) is 60.7 Å². The highest BCUT2D eigenvalue weighted by atomic mass is 35.5. The number of phenolic OH excluding ortho intramolecular Hbond substituents is 1. The van der Waals surface area contributed by atoms with Crippen LogP contribution in [0.1, 0.15) is 87.9 Å². The van der Waals surface area contributed by atoms with Crippen LogP contribution in [0.25, 0.3) is 66.8 Å². The number of benzene rings is 7. The van der Waals surface area contributed by atoms with Crippen LogP contribution in [0.15, 0.2) is 122 Å². The number of amides is 2. The van der Waals surface area contributed by atoms with Crippen molar-refractivity contribution in [3.05, 3.63) is 179 Å². The number of nitrogens with one attached hydrogen (secondary N) is 3. The van der Waals surface area contributed by atoms with Gasteiger partial charge in [-0.25, -0.2) is 14.4 Å². The van der Waals surface area contributed by atoms with Gasteiger partial charge in [0.1, 0.15) is 28.4 Å². The minimum absolute atomic E-state index is 0.00235. The lowest BCUT2D eigenvalue weighted by Crippen LogP contribution is -2.24. The molecule has 2 aliphatic carbocycles. The van der Waals surface area contributed by atoms with E-state index in [1.54, 1.807) is 18.2 Å². The first-order chi connectivity index (χ1) is 35.9. The maximum Gasteiger partial charge on any atom is 0.337 e. The van der Waals surface area contributed by atoms with Crippen molar-refractivity contribution in [2.75, 3.05) is 18.4 Å². The molecule has 75 heavy (non-hydrogen) atoms. The van der Waals surface area contributed by atoms with E-state index in [1.807, 2.05) is 45.9 Å². The lowest BCUT2D eigenvalue weighted by atomic mass is 9.88. The minimum Gasteiger partial charge on any atom is -0.507 e. The third-order valence-corrected chi connectivity index (χ3v) is 13.5. The number of fused-ring (bicyclic) bond motifs is 4. The second kappa shape index (κ2) is 20.5. The van der Waals surface area contributed by atoms with Crippen LogP contribution in [-0.4, -0.2) is 63.2 Å². The third kappa shape index (κ3) is 9.60. The van der Waals surface area contributed by atoms with Gasteiger partial charge < -0.3 is 45.2 Å². The first-order valence-corrected chi connectivity index (χ1v) is 24.1. The summed E-state index contributed by atoms with van der Waals surface area (Å²) in [5, 5.41) is 51.8. The molecular weight excluding hydrogens is 1000 g/mol. The van der Waals surface area contributed by atoms with Gasteiger partial charge in [0.15, 0.2) is 5.43 Å². The Balaban J connectivity index is 0.986. The van der Waals surface area contributed by atoms with Gasteiger partial charge in [0.25, 0.3) is 11.8 Å². The maximum atomic E-state index is 13.9. The van der Waals surface area contributed by atoms with E-state index in [0.29, 0.717) is 57.4 Å². The van der Waals surface area contributed by atoms with Crippen molar-refractivity contribution < 1.29 is 53.2 Å². The summed E-state index contributed by atoms with van der Waals surface area (Å²) in [6, 6.07) is 25.1. The number of aromatic carboxylic acids is 3. The van der Waals surface area contributed by atoms with Gasteiger partial charge in [-0.05, 0) is 123 Å². The normalized spacial score (nSPS) is 11.6. The van der Waals surface area contributed by atoms with Crippen LogP contribution < -0.4 is 26.7 Å². The standard InChI is InChI=1S/C57H44Cl2N4O12/c1-5-60-41-22-45-36(17-26(41)3)48(37-18-27(4)42(61-6-2)23-46(37)74-45)49-40(58)21-38(51(59)50(49)57(72)73)54(67)62-24-28-7-9-29(10-8-28)53(66)63-25-39-43(65)16-15-34-47(33-14-12-31(64)20-44(33)75-52(34)39)35-19-30(55(68)69)11-13-32(35)56(70)71/h7-23,60,65H,5-6,24-25H2,1-4H3,(H,62,67)(H,63,66)(H,68,69)(H,70,71)(H,72,73). The third-order valence-electron chi connectivity index (χ3n) is 12.8. The first-order valence-electron chi connectivity index (χ1n) is 23.4.